The standard InChI is InChI=1S/C64H67N3OSi/c1-41-35-50(69(11,12)13)30-31-51(41)44-27-25-42(26-28-44)45-33-34-65-56(37-45)47-22-17-21-46(36-47)52-23-18-24-58-59(52)66-61(54-39-49(63(5,6)7)40-55(60(54)68)64(8,9)10)67(58)57-32-29-48(62(2,3)4)38-53(57)43-19-15-14-16-20-43/h14-40,68H,1-13H3/i5D3,6D3,7D3,8D3,9D3,10D3,39D,40D. The van der Waals surface area contributed by atoms with Gasteiger partial charge in [-0.05, 0) is 116 Å². The van der Waals surface area contributed by atoms with Gasteiger partial charge in [0.05, 0.1) is 38.8 Å². The fourth-order valence-corrected chi connectivity index (χ4v) is 10.1. The molecule has 0 unspecified atom stereocenters. The van der Waals surface area contributed by atoms with E-state index >= 15 is 0 Å². The second-order valence-electron chi connectivity index (χ2n) is 19.9. The number of nitrogens with zero attached hydrogens (tertiary/aromatic N) is 3. The lowest BCUT2D eigenvalue weighted by atomic mass is 9.79. The number of hydrogen-bond donors (Lipinski definition) is 1. The highest BCUT2D eigenvalue weighted by Gasteiger charge is 2.30. The third kappa shape index (κ3) is 9.37. The zero-order valence-electron chi connectivity index (χ0n) is 59.7. The normalized spacial score (nSPS) is 17.8. The Bertz CT molecular complexity index is 4030. The van der Waals surface area contributed by atoms with Gasteiger partial charge in [0.2, 0.25) is 0 Å². The Hall–Kier alpha value is -6.82. The fraction of sp³-hybridized carbons (Fsp3) is 0.250. The topological polar surface area (TPSA) is 50.9 Å². The molecule has 2 aromatic heterocycles. The van der Waals surface area contributed by atoms with Gasteiger partial charge in [0.15, 0.2) is 0 Å². The molecule has 2 heterocycles. The van der Waals surface area contributed by atoms with Gasteiger partial charge >= 0.3 is 0 Å². The summed E-state index contributed by atoms with van der Waals surface area (Å²) in [6.45, 7) is -10.9. The van der Waals surface area contributed by atoms with Crippen LogP contribution in [0.5, 0.6) is 5.75 Å². The van der Waals surface area contributed by atoms with Gasteiger partial charge in [-0.3, -0.25) is 9.55 Å². The van der Waals surface area contributed by atoms with Crippen LogP contribution >= 0.6 is 0 Å². The highest BCUT2D eigenvalue weighted by molar-refractivity contribution is 6.88. The van der Waals surface area contributed by atoms with E-state index in [0.29, 0.717) is 33.5 Å². The van der Waals surface area contributed by atoms with Crippen molar-refractivity contribution in [2.24, 2.45) is 0 Å². The van der Waals surface area contributed by atoms with Crippen molar-refractivity contribution < 1.29 is 32.5 Å². The van der Waals surface area contributed by atoms with Gasteiger partial charge in [0.25, 0.3) is 0 Å². The molecular formula is C64H67N3OSi. The molecule has 348 valence electrons. The Morgan fingerprint density at radius 2 is 1.23 bits per heavy atom. The lowest BCUT2D eigenvalue weighted by Crippen LogP contribution is -2.37. The first-order valence-electron chi connectivity index (χ1n) is 32.8. The Labute approximate surface area is 439 Å². The fourth-order valence-electron chi connectivity index (χ4n) is 8.85. The summed E-state index contributed by atoms with van der Waals surface area (Å²) in [5.74, 6) is -2.35. The average molecular weight is 942 g/mol. The van der Waals surface area contributed by atoms with E-state index in [1.165, 1.54) is 15.3 Å². The van der Waals surface area contributed by atoms with E-state index in [9.17, 15) is 7.85 Å². The molecule has 0 aliphatic carbocycles. The molecule has 0 saturated heterocycles. The lowest BCUT2D eigenvalue weighted by molar-refractivity contribution is 0.446. The number of rotatable bonds is 8. The van der Waals surface area contributed by atoms with Crippen LogP contribution in [0.1, 0.15) is 112 Å². The maximum absolute atomic E-state index is 13.2. The number of aromatic hydroxyl groups is 1. The third-order valence-electron chi connectivity index (χ3n) is 12.7. The van der Waals surface area contributed by atoms with Gasteiger partial charge in [-0.25, -0.2) is 4.98 Å². The summed E-state index contributed by atoms with van der Waals surface area (Å²) < 4.78 is 180. The summed E-state index contributed by atoms with van der Waals surface area (Å²) in [7, 11) is -1.52. The number of aryl methyl sites for hydroxylation is 1. The number of aromatic nitrogens is 3. The van der Waals surface area contributed by atoms with Gasteiger partial charge in [-0.15, -0.1) is 0 Å². The summed E-state index contributed by atoms with van der Waals surface area (Å²) in [5.41, 5.74) is -4.54. The third-order valence-corrected chi connectivity index (χ3v) is 14.7. The quantitative estimate of drug-likeness (QED) is 0.154. The van der Waals surface area contributed by atoms with Crippen LogP contribution in [-0.2, 0) is 16.2 Å². The predicted molar refractivity (Wildman–Crippen MR) is 297 cm³/mol. The predicted octanol–water partition coefficient (Wildman–Crippen LogP) is 16.9. The van der Waals surface area contributed by atoms with Crippen molar-refractivity contribution in [1.82, 2.24) is 14.5 Å². The maximum Gasteiger partial charge on any atom is 0.149 e. The van der Waals surface area contributed by atoms with E-state index < -0.39 is 106 Å². The number of benzene rings is 7. The zero-order valence-corrected chi connectivity index (χ0v) is 40.7. The minimum Gasteiger partial charge on any atom is -0.507 e. The van der Waals surface area contributed by atoms with Gasteiger partial charge in [-0.1, -0.05) is 202 Å². The van der Waals surface area contributed by atoms with Crippen LogP contribution in [0.3, 0.4) is 0 Å². The van der Waals surface area contributed by atoms with Crippen molar-refractivity contribution in [2.75, 3.05) is 0 Å². The molecule has 1 N–H and O–H groups in total. The van der Waals surface area contributed by atoms with Crippen molar-refractivity contribution in [2.45, 2.75) is 105 Å². The van der Waals surface area contributed by atoms with Gasteiger partial charge in [0, 0.05) is 53.1 Å². The molecule has 0 radical (unpaired) electrons. The van der Waals surface area contributed by atoms with E-state index in [-0.39, 0.29) is 16.7 Å². The molecule has 0 amide bonds. The van der Waals surface area contributed by atoms with Crippen LogP contribution in [0.4, 0.5) is 0 Å². The van der Waals surface area contributed by atoms with Crippen molar-refractivity contribution in [3.05, 3.63) is 186 Å². The molecule has 0 aliphatic heterocycles. The highest BCUT2D eigenvalue weighted by Crippen LogP contribution is 2.46. The molecule has 0 aliphatic rings. The molecule has 0 saturated carbocycles. The van der Waals surface area contributed by atoms with Crippen LogP contribution in [0.2, 0.25) is 19.6 Å². The van der Waals surface area contributed by atoms with Gasteiger partial charge in [-0.2, -0.15) is 0 Å². The Balaban J connectivity index is 1.39. The van der Waals surface area contributed by atoms with Crippen molar-refractivity contribution in [3.8, 4) is 78.6 Å². The molecule has 0 spiro atoms. The van der Waals surface area contributed by atoms with Crippen molar-refractivity contribution >= 4 is 24.3 Å². The minimum atomic E-state index is -4.42. The molecule has 9 rings (SSSR count). The lowest BCUT2D eigenvalue weighted by Gasteiger charge is -2.28. The van der Waals surface area contributed by atoms with Crippen molar-refractivity contribution in [1.29, 1.82) is 0 Å². The highest BCUT2D eigenvalue weighted by atomic mass is 28.3. The molecule has 0 fully saturated rings. The van der Waals surface area contributed by atoms with E-state index in [1.807, 2.05) is 51.1 Å². The number of imidazole rings is 1. The number of para-hydroxylation sites is 1. The van der Waals surface area contributed by atoms with Crippen molar-refractivity contribution in [3.63, 3.8) is 0 Å². The number of phenolic OH excluding ortho intramolecular Hbond substituents is 1. The maximum atomic E-state index is 13.2. The largest absolute Gasteiger partial charge is 0.507 e. The summed E-state index contributed by atoms with van der Waals surface area (Å²) in [6.07, 6.45) is 1.70. The summed E-state index contributed by atoms with van der Waals surface area (Å²) in [4.78, 5) is 9.84. The molecule has 5 heteroatoms. The number of phenols is 1. The number of fused-ring (bicyclic) bond motifs is 1. The summed E-state index contributed by atoms with van der Waals surface area (Å²) in [5, 5.41) is 14.5. The average Bonchev–Trinajstić information content (AvgIpc) is 1.00. The van der Waals surface area contributed by atoms with E-state index in [0.717, 1.165) is 27.8 Å². The molecule has 4 nitrogen and oxygen atoms in total. The summed E-state index contributed by atoms with van der Waals surface area (Å²) >= 11 is 0. The number of pyridine rings is 1. The van der Waals surface area contributed by atoms with Crippen LogP contribution in [0.15, 0.2) is 164 Å². The Kier molecular flexibility index (Phi) is 7.30. The smallest absolute Gasteiger partial charge is 0.149 e. The molecule has 7 aromatic carbocycles. The number of hydrogen-bond acceptors (Lipinski definition) is 3. The molecule has 0 atom stereocenters. The molecular weight excluding hydrogens is 855 g/mol. The van der Waals surface area contributed by atoms with E-state index in [2.05, 4.69) is 69.0 Å². The van der Waals surface area contributed by atoms with Crippen LogP contribution in [0.25, 0.3) is 83.9 Å². The second kappa shape index (κ2) is 17.6. The molecule has 9 aromatic rings. The molecule has 69 heavy (non-hydrogen) atoms. The monoisotopic (exact) mass is 942 g/mol. The molecule has 0 bridgehead atoms. The first kappa shape index (κ1) is 28.6. The second-order valence-corrected chi connectivity index (χ2v) is 25.0. The van der Waals surface area contributed by atoms with Gasteiger partial charge < -0.3 is 5.11 Å². The Morgan fingerprint density at radius 1 is 0.551 bits per heavy atom. The first-order chi connectivity index (χ1) is 40.9. The van der Waals surface area contributed by atoms with Crippen LogP contribution in [0, 0.1) is 6.92 Å². The SMILES string of the molecule is [2H]c1c(-c2nc3c(-c4cccc(-c5cc(-c6ccc(-c7ccc([Si](C)(C)C)cc7C)cc6)ccn5)c4)cccc3n2-c2ccc(C(C)(C)C)cc2-c2ccccc2)c(O)c(C(C([2H])([2H])[2H])(C([2H])([2H])[2H])C([2H])([2H])[2H])c([2H])c1C(C([2H])([2H])[2H])(C([2H])([2H])[2H])C([2H])([2H])[2H]. The van der Waals surface area contributed by atoms with E-state index in [1.54, 1.807) is 79.0 Å². The Morgan fingerprint density at radius 3 is 1.93 bits per heavy atom. The zero-order chi connectivity index (χ0) is 65.9. The summed E-state index contributed by atoms with van der Waals surface area (Å²) in [6, 6.07) is 41.9. The van der Waals surface area contributed by atoms with Crippen LogP contribution < -0.4 is 5.19 Å². The first-order valence-corrected chi connectivity index (χ1v) is 26.3. The minimum absolute atomic E-state index is 0.0602. The van der Waals surface area contributed by atoms with Gasteiger partial charge in [0.1, 0.15) is 11.6 Å². The van der Waals surface area contributed by atoms with E-state index in [4.69, 9.17) is 34.6 Å². The van der Waals surface area contributed by atoms with Crippen LogP contribution in [-0.4, -0.2) is 27.7 Å².